The Balaban J connectivity index is 2.05. The molecule has 19 heavy (non-hydrogen) atoms. The van der Waals surface area contributed by atoms with Gasteiger partial charge in [-0.25, -0.2) is 0 Å². The first-order valence-electron chi connectivity index (χ1n) is 6.32. The van der Waals surface area contributed by atoms with Crippen LogP contribution in [0.3, 0.4) is 0 Å². The molecule has 0 fully saturated rings. The summed E-state index contributed by atoms with van der Waals surface area (Å²) in [7, 11) is -1.01. The fourth-order valence-electron chi connectivity index (χ4n) is 1.77. The molecule has 0 radical (unpaired) electrons. The minimum Gasteiger partial charge on any atom is -0.361 e. The van der Waals surface area contributed by atoms with Crippen LogP contribution in [0.15, 0.2) is 22.8 Å². The van der Waals surface area contributed by atoms with Gasteiger partial charge in [-0.15, -0.1) is 0 Å². The van der Waals surface area contributed by atoms with Crippen molar-refractivity contribution in [3.05, 3.63) is 27.4 Å². The summed E-state index contributed by atoms with van der Waals surface area (Å²) >= 11 is 8.68. The van der Waals surface area contributed by atoms with Crippen molar-refractivity contribution in [3.8, 4) is 0 Å². The highest BCUT2D eigenvalue weighted by Crippen LogP contribution is 2.20. The molecule has 104 valence electrons. The zero-order valence-corrected chi connectivity index (χ0v) is 14.9. The van der Waals surface area contributed by atoms with E-state index in [2.05, 4.69) is 51.2 Å². The molecule has 0 unspecified atom stereocenters. The van der Waals surface area contributed by atoms with E-state index in [-0.39, 0.29) is 0 Å². The minimum atomic E-state index is -1.01. The first kappa shape index (κ1) is 15.0. The van der Waals surface area contributed by atoms with Crippen molar-refractivity contribution in [2.24, 2.45) is 0 Å². The number of halogens is 1. The molecule has 0 aromatic carbocycles. The predicted molar refractivity (Wildman–Crippen MR) is 88.9 cm³/mol. The second kappa shape index (κ2) is 5.91. The highest BCUT2D eigenvalue weighted by Gasteiger charge is 2.12. The number of fused-ring (bicyclic) bond motifs is 1. The van der Waals surface area contributed by atoms with Crippen molar-refractivity contribution in [2.45, 2.75) is 32.4 Å². The number of H-pyrrole nitrogens is 1. The van der Waals surface area contributed by atoms with E-state index >= 15 is 0 Å². The lowest BCUT2D eigenvalue weighted by molar-refractivity contribution is 0.0899. The van der Waals surface area contributed by atoms with Gasteiger partial charge in [-0.1, -0.05) is 31.9 Å². The summed E-state index contributed by atoms with van der Waals surface area (Å²) in [6.45, 7) is 8.47. The van der Waals surface area contributed by atoms with Crippen LogP contribution in [0.4, 0.5) is 0 Å². The van der Waals surface area contributed by atoms with Crippen LogP contribution >= 0.6 is 28.1 Å². The number of nitrogens with one attached hydrogen (secondary N) is 1. The maximum Gasteiger partial charge on any atom is 0.124 e. The van der Waals surface area contributed by atoms with Crippen molar-refractivity contribution in [1.82, 2.24) is 9.55 Å². The van der Waals surface area contributed by atoms with Gasteiger partial charge in [-0.2, -0.15) is 0 Å². The Morgan fingerprint density at radius 2 is 2.16 bits per heavy atom. The summed E-state index contributed by atoms with van der Waals surface area (Å²) in [5.41, 5.74) is 1.02. The Bertz CT molecular complexity index is 630. The summed E-state index contributed by atoms with van der Waals surface area (Å²) < 4.78 is 9.46. The van der Waals surface area contributed by atoms with E-state index in [9.17, 15) is 0 Å². The van der Waals surface area contributed by atoms with Crippen molar-refractivity contribution >= 4 is 47.3 Å². The molecule has 2 rings (SSSR count). The molecular formula is C13H19BrN2OSSi. The Morgan fingerprint density at radius 3 is 2.84 bits per heavy atom. The molecule has 2 aromatic rings. The van der Waals surface area contributed by atoms with Gasteiger partial charge in [0.15, 0.2) is 0 Å². The number of rotatable bonds is 5. The maximum atomic E-state index is 5.76. The first-order valence-corrected chi connectivity index (χ1v) is 11.2. The number of ether oxygens (including phenoxy) is 1. The highest BCUT2D eigenvalue weighted by atomic mass is 79.9. The number of hydrogen-bond acceptors (Lipinski definition) is 2. The smallest absolute Gasteiger partial charge is 0.124 e. The summed E-state index contributed by atoms with van der Waals surface area (Å²) in [6.07, 6.45) is 2.02. The largest absolute Gasteiger partial charge is 0.361 e. The van der Waals surface area contributed by atoms with Crippen LogP contribution in [0.1, 0.15) is 0 Å². The Morgan fingerprint density at radius 1 is 1.42 bits per heavy atom. The van der Waals surface area contributed by atoms with Gasteiger partial charge in [-0.05, 0) is 34.1 Å². The Hall–Kier alpha value is -0.433. The molecule has 6 heteroatoms. The predicted octanol–water partition coefficient (Wildman–Crippen LogP) is 4.77. The van der Waals surface area contributed by atoms with Crippen LogP contribution in [0.5, 0.6) is 0 Å². The minimum absolute atomic E-state index is 0.570. The van der Waals surface area contributed by atoms with Crippen LogP contribution in [-0.2, 0) is 11.5 Å². The van der Waals surface area contributed by atoms with E-state index in [1.165, 1.54) is 6.04 Å². The SMILES string of the molecule is C[Si](C)(C)CCOCn1ccc2cc(Br)c(=S)[nH]c21. The number of pyridine rings is 1. The maximum absolute atomic E-state index is 5.76. The van der Waals surface area contributed by atoms with Gasteiger partial charge >= 0.3 is 0 Å². The van der Waals surface area contributed by atoms with Crippen molar-refractivity contribution in [2.75, 3.05) is 6.61 Å². The zero-order chi connectivity index (χ0) is 14.0. The van der Waals surface area contributed by atoms with Gasteiger partial charge in [0.25, 0.3) is 0 Å². The Kier molecular flexibility index (Phi) is 4.65. The van der Waals surface area contributed by atoms with Gasteiger partial charge in [0.05, 0.1) is 4.47 Å². The summed E-state index contributed by atoms with van der Waals surface area (Å²) in [4.78, 5) is 3.22. The summed E-state index contributed by atoms with van der Waals surface area (Å²) in [5.74, 6) is 0. The molecule has 0 aliphatic heterocycles. The number of nitrogens with zero attached hydrogens (tertiary/aromatic N) is 1. The molecule has 0 saturated carbocycles. The Labute approximate surface area is 128 Å². The van der Waals surface area contributed by atoms with Crippen LogP contribution in [0.25, 0.3) is 11.0 Å². The second-order valence-corrected chi connectivity index (χ2v) is 12.8. The lowest BCUT2D eigenvalue weighted by Gasteiger charge is -2.15. The number of aromatic amines is 1. The first-order chi connectivity index (χ1) is 8.87. The van der Waals surface area contributed by atoms with E-state index in [0.29, 0.717) is 6.73 Å². The van der Waals surface area contributed by atoms with Gasteiger partial charge < -0.3 is 14.3 Å². The monoisotopic (exact) mass is 358 g/mol. The molecule has 0 amide bonds. The second-order valence-electron chi connectivity index (χ2n) is 5.88. The van der Waals surface area contributed by atoms with Crippen LogP contribution in [0.2, 0.25) is 25.7 Å². The van der Waals surface area contributed by atoms with Gasteiger partial charge in [0, 0.05) is 26.3 Å². The molecule has 1 N–H and O–H groups in total. The van der Waals surface area contributed by atoms with Crippen LogP contribution in [0, 0.1) is 4.64 Å². The molecule has 0 bridgehead atoms. The van der Waals surface area contributed by atoms with E-state index < -0.39 is 8.07 Å². The average Bonchev–Trinajstić information content (AvgIpc) is 2.67. The molecule has 0 aliphatic rings. The summed E-state index contributed by atoms with van der Waals surface area (Å²) in [5, 5.41) is 1.13. The third-order valence-corrected chi connectivity index (χ3v) is 5.87. The molecule has 2 aromatic heterocycles. The molecule has 0 spiro atoms. The molecule has 0 saturated heterocycles. The van der Waals surface area contributed by atoms with Crippen LogP contribution < -0.4 is 0 Å². The summed E-state index contributed by atoms with van der Waals surface area (Å²) in [6, 6.07) is 5.29. The van der Waals surface area contributed by atoms with Crippen molar-refractivity contribution in [3.63, 3.8) is 0 Å². The molecule has 0 atom stereocenters. The van der Waals surface area contributed by atoms with Crippen molar-refractivity contribution in [1.29, 1.82) is 0 Å². The van der Waals surface area contributed by atoms with E-state index in [0.717, 1.165) is 26.8 Å². The molecule has 0 aliphatic carbocycles. The molecule has 2 heterocycles. The molecular weight excluding hydrogens is 340 g/mol. The van der Waals surface area contributed by atoms with E-state index in [1.54, 1.807) is 0 Å². The zero-order valence-electron chi connectivity index (χ0n) is 11.5. The van der Waals surface area contributed by atoms with Gasteiger partial charge in [0.2, 0.25) is 0 Å². The standard InChI is InChI=1S/C13H19BrN2OSSi/c1-19(2,3)7-6-17-9-16-5-4-10-8-11(14)13(18)15-12(10)16/h4-5,8H,6-7,9H2,1-3H3,(H,15,18). The topological polar surface area (TPSA) is 29.9 Å². The van der Waals surface area contributed by atoms with Crippen molar-refractivity contribution < 1.29 is 4.74 Å². The quantitative estimate of drug-likeness (QED) is 0.473. The van der Waals surface area contributed by atoms with Gasteiger partial charge in [0.1, 0.15) is 17.0 Å². The normalized spacial score (nSPS) is 12.2. The number of hydrogen-bond donors (Lipinski definition) is 1. The lowest BCUT2D eigenvalue weighted by Crippen LogP contribution is -2.22. The van der Waals surface area contributed by atoms with E-state index in [1.807, 2.05) is 12.3 Å². The fraction of sp³-hybridized carbons (Fsp3) is 0.462. The van der Waals surface area contributed by atoms with Crippen LogP contribution in [-0.4, -0.2) is 24.2 Å². The van der Waals surface area contributed by atoms with E-state index in [4.69, 9.17) is 17.0 Å². The number of aromatic nitrogens is 2. The lowest BCUT2D eigenvalue weighted by atomic mass is 10.3. The average molecular weight is 359 g/mol. The molecule has 3 nitrogen and oxygen atoms in total. The highest BCUT2D eigenvalue weighted by molar-refractivity contribution is 9.10. The van der Waals surface area contributed by atoms with Gasteiger partial charge in [-0.3, -0.25) is 0 Å². The third kappa shape index (κ3) is 4.01. The third-order valence-electron chi connectivity index (χ3n) is 2.95. The fourth-order valence-corrected chi connectivity index (χ4v) is 3.03.